The Hall–Kier alpha value is -2.77. The molecule has 6 nitrogen and oxygen atoms in total. The molecule has 3 aromatic rings. The molecule has 0 saturated heterocycles. The Morgan fingerprint density at radius 2 is 1.85 bits per heavy atom. The molecule has 0 saturated carbocycles. The van der Waals surface area contributed by atoms with E-state index in [2.05, 4.69) is 19.9 Å². The van der Waals surface area contributed by atoms with Gasteiger partial charge >= 0.3 is 0 Å². The molecule has 0 aliphatic rings. The minimum absolute atomic E-state index is 0.0716. The molecule has 0 amide bonds. The molecule has 1 aromatic carbocycles. The van der Waals surface area contributed by atoms with Gasteiger partial charge in [0.25, 0.3) is 5.56 Å². The highest BCUT2D eigenvalue weighted by molar-refractivity contribution is 5.70. The fourth-order valence-electron chi connectivity index (χ4n) is 1.92. The molecule has 3 rings (SSSR count). The number of aromatic amines is 2. The maximum absolute atomic E-state index is 13.5. The summed E-state index contributed by atoms with van der Waals surface area (Å²) < 4.78 is 27.1. The first-order valence-electron chi connectivity index (χ1n) is 5.72. The van der Waals surface area contributed by atoms with Crippen molar-refractivity contribution in [2.24, 2.45) is 0 Å². The molecule has 4 N–H and O–H groups in total. The molecule has 0 bridgehead atoms. The number of rotatable bonds is 2. The summed E-state index contributed by atoms with van der Waals surface area (Å²) in [6.07, 6.45) is -0.117. The van der Waals surface area contributed by atoms with E-state index in [0.717, 1.165) is 12.1 Å². The fourth-order valence-corrected chi connectivity index (χ4v) is 1.92. The number of anilines is 1. The molecule has 0 atom stereocenters. The third-order valence-corrected chi connectivity index (χ3v) is 2.83. The van der Waals surface area contributed by atoms with Crippen LogP contribution in [-0.4, -0.2) is 19.9 Å². The van der Waals surface area contributed by atoms with Crippen molar-refractivity contribution in [1.82, 2.24) is 19.9 Å². The first-order valence-corrected chi connectivity index (χ1v) is 5.72. The summed E-state index contributed by atoms with van der Waals surface area (Å²) in [7, 11) is 0. The molecular weight excluding hydrogens is 268 g/mol. The molecular formula is C12H9F2N5O. The maximum atomic E-state index is 13.5. The number of fused-ring (bicyclic) bond motifs is 1. The maximum Gasteiger partial charge on any atom is 0.278 e. The number of hydrogen-bond donors (Lipinski definition) is 3. The zero-order chi connectivity index (χ0) is 14.3. The molecule has 0 aliphatic heterocycles. The number of hydrogen-bond acceptors (Lipinski definition) is 4. The summed E-state index contributed by atoms with van der Waals surface area (Å²) >= 11 is 0. The quantitative estimate of drug-likeness (QED) is 0.653. The van der Waals surface area contributed by atoms with Gasteiger partial charge in [-0.25, -0.2) is 13.8 Å². The van der Waals surface area contributed by atoms with Crippen molar-refractivity contribution in [3.8, 4) is 0 Å². The van der Waals surface area contributed by atoms with Crippen molar-refractivity contribution >= 4 is 17.1 Å². The summed E-state index contributed by atoms with van der Waals surface area (Å²) in [5, 5.41) is 0. The van der Waals surface area contributed by atoms with Crippen LogP contribution in [0.15, 0.2) is 23.0 Å². The summed E-state index contributed by atoms with van der Waals surface area (Å²) in [5.41, 5.74) is 5.01. The summed E-state index contributed by atoms with van der Waals surface area (Å²) in [4.78, 5) is 24.4. The Morgan fingerprint density at radius 1 is 1.15 bits per heavy atom. The second kappa shape index (κ2) is 4.41. The van der Waals surface area contributed by atoms with Gasteiger partial charge in [-0.15, -0.1) is 0 Å². The minimum Gasteiger partial charge on any atom is -0.369 e. The topological polar surface area (TPSA) is 100 Å². The predicted octanol–water partition coefficient (Wildman–Crippen LogP) is 1.10. The molecule has 20 heavy (non-hydrogen) atoms. The second-order valence-electron chi connectivity index (χ2n) is 4.21. The summed E-state index contributed by atoms with van der Waals surface area (Å²) in [5.74, 6) is -1.19. The van der Waals surface area contributed by atoms with Crippen LogP contribution >= 0.6 is 0 Å². The lowest BCUT2D eigenvalue weighted by Crippen LogP contribution is -2.10. The Kier molecular flexibility index (Phi) is 2.70. The lowest BCUT2D eigenvalue weighted by Gasteiger charge is -2.01. The molecule has 8 heteroatoms. The van der Waals surface area contributed by atoms with Gasteiger partial charge in [-0.05, 0) is 12.1 Å². The first kappa shape index (κ1) is 12.3. The van der Waals surface area contributed by atoms with Gasteiger partial charge in [-0.2, -0.15) is 4.98 Å². The number of nitrogen functional groups attached to an aromatic ring is 1. The first-order chi connectivity index (χ1) is 9.54. The largest absolute Gasteiger partial charge is 0.369 e. The van der Waals surface area contributed by atoms with Crippen LogP contribution in [0.2, 0.25) is 0 Å². The van der Waals surface area contributed by atoms with Gasteiger partial charge in [0.05, 0.1) is 0 Å². The molecule has 2 heterocycles. The average molecular weight is 277 g/mol. The molecule has 0 spiro atoms. The summed E-state index contributed by atoms with van der Waals surface area (Å²) in [6.45, 7) is 0. The van der Waals surface area contributed by atoms with E-state index in [0.29, 0.717) is 0 Å². The van der Waals surface area contributed by atoms with E-state index in [4.69, 9.17) is 5.73 Å². The molecule has 0 unspecified atom stereocenters. The normalized spacial score (nSPS) is 11.1. The Balaban J connectivity index is 2.08. The highest BCUT2D eigenvalue weighted by Gasteiger charge is 2.13. The van der Waals surface area contributed by atoms with Crippen LogP contribution in [0, 0.1) is 11.6 Å². The molecule has 2 aromatic heterocycles. The van der Waals surface area contributed by atoms with Gasteiger partial charge in [0.15, 0.2) is 11.2 Å². The number of nitrogens with zero attached hydrogens (tertiary/aromatic N) is 2. The van der Waals surface area contributed by atoms with Crippen molar-refractivity contribution in [3.63, 3.8) is 0 Å². The minimum atomic E-state index is -0.674. The van der Waals surface area contributed by atoms with E-state index < -0.39 is 17.2 Å². The third kappa shape index (κ3) is 2.00. The van der Waals surface area contributed by atoms with E-state index in [9.17, 15) is 13.6 Å². The van der Waals surface area contributed by atoms with E-state index >= 15 is 0 Å². The van der Waals surface area contributed by atoms with Crippen molar-refractivity contribution in [1.29, 1.82) is 0 Å². The Labute approximate surface area is 110 Å². The lowest BCUT2D eigenvalue weighted by molar-refractivity contribution is 0.559. The predicted molar refractivity (Wildman–Crippen MR) is 68.1 cm³/mol. The van der Waals surface area contributed by atoms with Crippen molar-refractivity contribution in [2.45, 2.75) is 6.42 Å². The van der Waals surface area contributed by atoms with Crippen LogP contribution in [0.25, 0.3) is 11.2 Å². The molecule has 102 valence electrons. The second-order valence-corrected chi connectivity index (χ2v) is 4.21. The average Bonchev–Trinajstić information content (AvgIpc) is 2.77. The van der Waals surface area contributed by atoms with Gasteiger partial charge in [0.2, 0.25) is 5.95 Å². The number of halogens is 2. The molecule has 0 fully saturated rings. The highest BCUT2D eigenvalue weighted by atomic mass is 19.1. The van der Waals surface area contributed by atoms with Gasteiger partial charge in [0, 0.05) is 12.0 Å². The van der Waals surface area contributed by atoms with Gasteiger partial charge in [0.1, 0.15) is 17.5 Å². The van der Waals surface area contributed by atoms with Crippen LogP contribution in [0.5, 0.6) is 0 Å². The highest BCUT2D eigenvalue weighted by Crippen LogP contribution is 2.16. The van der Waals surface area contributed by atoms with E-state index in [1.54, 1.807) is 0 Å². The monoisotopic (exact) mass is 277 g/mol. The van der Waals surface area contributed by atoms with Crippen LogP contribution in [0.3, 0.4) is 0 Å². The standard InChI is InChI=1S/C12H9F2N5O/c13-6-2-1-3-7(14)5(6)4-8-16-9-10(17-8)18-12(15)19-11(9)20/h1-3H,4H2,(H4,15,16,17,18,19,20). The van der Waals surface area contributed by atoms with Gasteiger partial charge in [-0.3, -0.25) is 9.78 Å². The van der Waals surface area contributed by atoms with E-state index in [1.807, 2.05) is 0 Å². The van der Waals surface area contributed by atoms with Crippen molar-refractivity contribution in [3.05, 3.63) is 51.6 Å². The smallest absolute Gasteiger partial charge is 0.278 e. The fraction of sp³-hybridized carbons (Fsp3) is 0.0833. The number of imidazole rings is 1. The zero-order valence-corrected chi connectivity index (χ0v) is 10.1. The Bertz CT molecular complexity index is 834. The zero-order valence-electron chi connectivity index (χ0n) is 10.1. The van der Waals surface area contributed by atoms with Gasteiger partial charge in [-0.1, -0.05) is 6.07 Å². The number of nitrogens with two attached hydrogens (primary N) is 1. The van der Waals surface area contributed by atoms with Crippen molar-refractivity contribution in [2.75, 3.05) is 5.73 Å². The number of nitrogens with one attached hydrogen (secondary N) is 2. The van der Waals surface area contributed by atoms with Crippen LogP contribution in [-0.2, 0) is 6.42 Å². The van der Waals surface area contributed by atoms with Gasteiger partial charge < -0.3 is 10.7 Å². The third-order valence-electron chi connectivity index (χ3n) is 2.83. The Morgan fingerprint density at radius 3 is 2.55 bits per heavy atom. The van der Waals surface area contributed by atoms with Crippen LogP contribution < -0.4 is 11.3 Å². The summed E-state index contributed by atoms with van der Waals surface area (Å²) in [6, 6.07) is 3.59. The molecule has 0 radical (unpaired) electrons. The molecule has 0 aliphatic carbocycles. The van der Waals surface area contributed by atoms with Crippen molar-refractivity contribution < 1.29 is 8.78 Å². The lowest BCUT2D eigenvalue weighted by atomic mass is 10.1. The number of aromatic nitrogens is 4. The number of benzene rings is 1. The SMILES string of the molecule is Nc1nc2nc(Cc3c(F)cccc3F)[nH]c2c(=O)[nH]1. The van der Waals surface area contributed by atoms with E-state index in [1.165, 1.54) is 6.07 Å². The van der Waals surface area contributed by atoms with Crippen LogP contribution in [0.4, 0.5) is 14.7 Å². The van der Waals surface area contributed by atoms with E-state index in [-0.39, 0.29) is 34.9 Å². The number of H-pyrrole nitrogens is 2. The van der Waals surface area contributed by atoms with Crippen LogP contribution in [0.1, 0.15) is 11.4 Å².